The maximum atomic E-state index is 12.9. The van der Waals surface area contributed by atoms with Gasteiger partial charge in [-0.05, 0) is 56.3 Å². The topological polar surface area (TPSA) is 93.7 Å². The van der Waals surface area contributed by atoms with Gasteiger partial charge in [0, 0.05) is 5.56 Å². The van der Waals surface area contributed by atoms with Crippen LogP contribution in [0.1, 0.15) is 21.5 Å². The molecule has 1 amide bonds. The summed E-state index contributed by atoms with van der Waals surface area (Å²) in [6, 6.07) is 16.4. The van der Waals surface area contributed by atoms with Gasteiger partial charge in [-0.2, -0.15) is 0 Å². The van der Waals surface area contributed by atoms with Gasteiger partial charge in [-0.1, -0.05) is 29.3 Å². The van der Waals surface area contributed by atoms with Gasteiger partial charge in [0.2, 0.25) is 0 Å². The molecule has 0 atom stereocenters. The number of sulfonamides is 1. The molecule has 0 bridgehead atoms. The highest BCUT2D eigenvalue weighted by molar-refractivity contribution is 7.92. The molecular formula is C23H24N2O5S. The fraction of sp³-hybridized carbons (Fsp3) is 0.174. The summed E-state index contributed by atoms with van der Waals surface area (Å²) in [6.45, 7) is 3.81. The number of anilines is 2. The Morgan fingerprint density at radius 1 is 0.806 bits per heavy atom. The molecule has 2 N–H and O–H groups in total. The SMILES string of the molecule is COc1ccc(S(=O)(=O)Nc2ccccc2OC)cc1NC(=O)c1cc(C)cc(C)c1. The summed E-state index contributed by atoms with van der Waals surface area (Å²) in [5.41, 5.74) is 2.93. The molecule has 0 aliphatic heterocycles. The van der Waals surface area contributed by atoms with E-state index in [2.05, 4.69) is 10.0 Å². The quantitative estimate of drug-likeness (QED) is 0.569. The number of aryl methyl sites for hydroxylation is 2. The van der Waals surface area contributed by atoms with Crippen molar-refractivity contribution in [3.63, 3.8) is 0 Å². The number of hydrogen-bond acceptors (Lipinski definition) is 5. The van der Waals surface area contributed by atoms with Crippen molar-refractivity contribution in [2.75, 3.05) is 24.3 Å². The minimum absolute atomic E-state index is 0.0325. The molecule has 0 aromatic heterocycles. The number of benzene rings is 3. The summed E-state index contributed by atoms with van der Waals surface area (Å²) in [5, 5.41) is 2.75. The van der Waals surface area contributed by atoms with Crippen molar-refractivity contribution >= 4 is 27.3 Å². The van der Waals surface area contributed by atoms with Gasteiger partial charge in [0.15, 0.2) is 0 Å². The van der Waals surface area contributed by atoms with Crippen molar-refractivity contribution in [2.24, 2.45) is 0 Å². The molecule has 8 heteroatoms. The van der Waals surface area contributed by atoms with E-state index >= 15 is 0 Å². The van der Waals surface area contributed by atoms with E-state index < -0.39 is 10.0 Å². The van der Waals surface area contributed by atoms with Gasteiger partial charge in [0.05, 0.1) is 30.5 Å². The molecule has 0 radical (unpaired) electrons. The van der Waals surface area contributed by atoms with E-state index in [0.717, 1.165) is 11.1 Å². The second-order valence-electron chi connectivity index (χ2n) is 7.00. The lowest BCUT2D eigenvalue weighted by molar-refractivity contribution is 0.102. The van der Waals surface area contributed by atoms with Crippen LogP contribution in [0.25, 0.3) is 0 Å². The van der Waals surface area contributed by atoms with E-state index in [-0.39, 0.29) is 16.5 Å². The molecule has 0 aliphatic carbocycles. The number of carbonyl (C=O) groups excluding carboxylic acids is 1. The standard InChI is InChI=1S/C23H24N2O5S/c1-15-11-16(2)13-17(12-15)23(26)24-20-14-18(9-10-22(20)30-4)31(27,28)25-19-7-5-6-8-21(19)29-3/h5-14,25H,1-4H3,(H,24,26). The molecule has 162 valence electrons. The summed E-state index contributed by atoms with van der Waals surface area (Å²) in [7, 11) is -1.04. The Morgan fingerprint density at radius 2 is 1.42 bits per heavy atom. The molecule has 3 aromatic rings. The molecule has 0 heterocycles. The molecule has 0 spiro atoms. The Bertz CT molecular complexity index is 1200. The lowest BCUT2D eigenvalue weighted by atomic mass is 10.1. The highest BCUT2D eigenvalue weighted by atomic mass is 32.2. The number of amides is 1. The largest absolute Gasteiger partial charge is 0.495 e. The number of ether oxygens (including phenoxy) is 2. The fourth-order valence-corrected chi connectivity index (χ4v) is 4.28. The third-order valence-corrected chi connectivity index (χ3v) is 5.93. The monoisotopic (exact) mass is 440 g/mol. The van der Waals surface area contributed by atoms with E-state index in [1.165, 1.54) is 32.4 Å². The van der Waals surface area contributed by atoms with Gasteiger partial charge in [0.25, 0.3) is 15.9 Å². The van der Waals surface area contributed by atoms with E-state index in [9.17, 15) is 13.2 Å². The van der Waals surface area contributed by atoms with Crippen LogP contribution in [0.5, 0.6) is 11.5 Å². The van der Waals surface area contributed by atoms with Gasteiger partial charge in [0.1, 0.15) is 11.5 Å². The average molecular weight is 441 g/mol. The zero-order chi connectivity index (χ0) is 22.6. The molecule has 7 nitrogen and oxygen atoms in total. The summed E-state index contributed by atoms with van der Waals surface area (Å²) < 4.78 is 38.9. The first-order valence-electron chi connectivity index (χ1n) is 9.47. The number of rotatable bonds is 7. The van der Waals surface area contributed by atoms with Crippen LogP contribution in [0.4, 0.5) is 11.4 Å². The van der Waals surface area contributed by atoms with E-state index in [4.69, 9.17) is 9.47 Å². The van der Waals surface area contributed by atoms with Crippen LogP contribution in [0, 0.1) is 13.8 Å². The molecule has 0 saturated carbocycles. The lowest BCUT2D eigenvalue weighted by Crippen LogP contribution is -2.16. The van der Waals surface area contributed by atoms with Gasteiger partial charge in [-0.3, -0.25) is 9.52 Å². The van der Waals surface area contributed by atoms with Crippen molar-refractivity contribution in [1.82, 2.24) is 0 Å². The minimum atomic E-state index is -3.94. The molecule has 0 saturated heterocycles. The van der Waals surface area contributed by atoms with Crippen molar-refractivity contribution in [3.05, 3.63) is 77.4 Å². The summed E-state index contributed by atoms with van der Waals surface area (Å²) in [5.74, 6) is 0.370. The van der Waals surface area contributed by atoms with E-state index in [0.29, 0.717) is 22.7 Å². The summed E-state index contributed by atoms with van der Waals surface area (Å²) in [4.78, 5) is 12.7. The third-order valence-electron chi connectivity index (χ3n) is 4.56. The Balaban J connectivity index is 1.93. The number of carbonyl (C=O) groups is 1. The molecule has 3 aromatic carbocycles. The van der Waals surface area contributed by atoms with Crippen molar-refractivity contribution in [3.8, 4) is 11.5 Å². The van der Waals surface area contributed by atoms with Crippen LogP contribution in [0.2, 0.25) is 0 Å². The van der Waals surface area contributed by atoms with Crippen molar-refractivity contribution in [2.45, 2.75) is 18.7 Å². The zero-order valence-corrected chi connectivity index (χ0v) is 18.5. The number of para-hydroxylation sites is 2. The molecule has 3 rings (SSSR count). The number of methoxy groups -OCH3 is 2. The van der Waals surface area contributed by atoms with Crippen molar-refractivity contribution < 1.29 is 22.7 Å². The highest BCUT2D eigenvalue weighted by Crippen LogP contribution is 2.31. The van der Waals surface area contributed by atoms with Crippen LogP contribution in [-0.4, -0.2) is 28.5 Å². The number of nitrogens with one attached hydrogen (secondary N) is 2. The first-order chi connectivity index (χ1) is 14.7. The normalized spacial score (nSPS) is 11.0. The summed E-state index contributed by atoms with van der Waals surface area (Å²) in [6.07, 6.45) is 0. The van der Waals surface area contributed by atoms with E-state index in [1.54, 1.807) is 36.4 Å². The van der Waals surface area contributed by atoms with Crippen LogP contribution < -0.4 is 19.5 Å². The van der Waals surface area contributed by atoms with Gasteiger partial charge in [-0.25, -0.2) is 8.42 Å². The molecule has 0 aliphatic rings. The Labute approximate surface area is 182 Å². The van der Waals surface area contributed by atoms with Gasteiger partial charge < -0.3 is 14.8 Å². The fourth-order valence-electron chi connectivity index (χ4n) is 3.18. The predicted molar refractivity (Wildman–Crippen MR) is 121 cm³/mol. The highest BCUT2D eigenvalue weighted by Gasteiger charge is 2.20. The second kappa shape index (κ2) is 9.09. The second-order valence-corrected chi connectivity index (χ2v) is 8.68. The van der Waals surface area contributed by atoms with Crippen LogP contribution in [0.3, 0.4) is 0 Å². The smallest absolute Gasteiger partial charge is 0.262 e. The van der Waals surface area contributed by atoms with Crippen molar-refractivity contribution in [1.29, 1.82) is 0 Å². The van der Waals surface area contributed by atoms with E-state index in [1.807, 2.05) is 19.9 Å². The summed E-state index contributed by atoms with van der Waals surface area (Å²) >= 11 is 0. The Hall–Kier alpha value is -3.52. The average Bonchev–Trinajstić information content (AvgIpc) is 2.73. The first kappa shape index (κ1) is 22.2. The minimum Gasteiger partial charge on any atom is -0.495 e. The Kier molecular flexibility index (Phi) is 6.50. The maximum absolute atomic E-state index is 12.9. The lowest BCUT2D eigenvalue weighted by Gasteiger charge is -2.15. The third kappa shape index (κ3) is 5.16. The number of hydrogen-bond donors (Lipinski definition) is 2. The molecule has 31 heavy (non-hydrogen) atoms. The van der Waals surface area contributed by atoms with Gasteiger partial charge >= 0.3 is 0 Å². The Morgan fingerprint density at radius 3 is 2.06 bits per heavy atom. The predicted octanol–water partition coefficient (Wildman–Crippen LogP) is 4.37. The van der Waals surface area contributed by atoms with Crippen LogP contribution >= 0.6 is 0 Å². The maximum Gasteiger partial charge on any atom is 0.262 e. The van der Waals surface area contributed by atoms with Crippen LogP contribution in [-0.2, 0) is 10.0 Å². The van der Waals surface area contributed by atoms with Gasteiger partial charge in [-0.15, -0.1) is 0 Å². The molecule has 0 fully saturated rings. The zero-order valence-electron chi connectivity index (χ0n) is 17.7. The van der Waals surface area contributed by atoms with Crippen LogP contribution in [0.15, 0.2) is 65.6 Å². The molecule has 0 unspecified atom stereocenters. The first-order valence-corrected chi connectivity index (χ1v) is 11.0. The molecular weight excluding hydrogens is 416 g/mol.